The summed E-state index contributed by atoms with van der Waals surface area (Å²) in [6.45, 7) is 1.43. The number of hydrogen-bond donors (Lipinski definition) is 2. The van der Waals surface area contributed by atoms with Gasteiger partial charge in [0, 0.05) is 30.3 Å². The van der Waals surface area contributed by atoms with Crippen molar-refractivity contribution in [1.29, 1.82) is 5.26 Å². The first-order valence-electron chi connectivity index (χ1n) is 9.11. The number of rotatable bonds is 8. The minimum Gasteiger partial charge on any atom is -0.362 e. The first-order chi connectivity index (χ1) is 13.9. The molecule has 0 saturated carbocycles. The molecule has 1 aliphatic rings. The maximum absolute atomic E-state index is 12.2. The Kier molecular flexibility index (Phi) is 6.79. The Morgan fingerprint density at radius 1 is 1.28 bits per heavy atom. The van der Waals surface area contributed by atoms with Gasteiger partial charge < -0.3 is 10.2 Å². The van der Waals surface area contributed by atoms with E-state index in [2.05, 4.69) is 11.4 Å². The molecule has 2 aromatic rings. The highest BCUT2D eigenvalue weighted by Crippen LogP contribution is 2.29. The van der Waals surface area contributed by atoms with Gasteiger partial charge in [0.15, 0.2) is 0 Å². The fourth-order valence-corrected chi connectivity index (χ4v) is 4.64. The van der Waals surface area contributed by atoms with Crippen molar-refractivity contribution < 1.29 is 13.2 Å². The Balaban J connectivity index is 1.44. The van der Waals surface area contributed by atoms with E-state index in [1.807, 2.05) is 23.1 Å². The fraction of sp³-hybridized carbons (Fsp3) is 0.300. The van der Waals surface area contributed by atoms with E-state index < -0.39 is 10.0 Å². The second-order valence-corrected chi connectivity index (χ2v) is 9.35. The monoisotopic (exact) mass is 430 g/mol. The van der Waals surface area contributed by atoms with Gasteiger partial charge in [-0.25, -0.2) is 13.6 Å². The zero-order chi connectivity index (χ0) is 20.9. The number of carbonyl (C=O) groups excluding carboxylic acids is 1. The number of nitrogens with zero attached hydrogens (tertiary/aromatic N) is 2. The number of benzene rings is 2. The number of sulfonamides is 1. The molecule has 29 heavy (non-hydrogen) atoms. The number of thioether (sulfide) groups is 1. The maximum Gasteiger partial charge on any atom is 0.239 e. The van der Waals surface area contributed by atoms with Crippen LogP contribution in [0.5, 0.6) is 0 Å². The van der Waals surface area contributed by atoms with E-state index in [-0.39, 0.29) is 17.3 Å². The second-order valence-electron chi connectivity index (χ2n) is 6.68. The minimum atomic E-state index is -3.72. The molecule has 152 valence electrons. The molecule has 0 fully saturated rings. The molecular weight excluding hydrogens is 408 g/mol. The quantitative estimate of drug-likeness (QED) is 0.615. The molecule has 0 aromatic heterocycles. The van der Waals surface area contributed by atoms with Crippen molar-refractivity contribution in [3.63, 3.8) is 0 Å². The average Bonchev–Trinajstić information content (AvgIpc) is 3.09. The fourth-order valence-electron chi connectivity index (χ4n) is 3.22. The highest BCUT2D eigenvalue weighted by atomic mass is 32.2. The molecule has 9 heteroatoms. The van der Waals surface area contributed by atoms with E-state index in [0.29, 0.717) is 25.1 Å². The molecule has 1 amide bonds. The molecule has 3 N–H and O–H groups in total. The Labute approximate surface area is 174 Å². The molecule has 0 saturated heterocycles. The number of hydrogen-bond acceptors (Lipinski definition) is 6. The Hall–Kier alpha value is -2.54. The molecule has 0 spiro atoms. The molecule has 0 unspecified atom stereocenters. The third kappa shape index (κ3) is 5.50. The van der Waals surface area contributed by atoms with Crippen LogP contribution in [0.25, 0.3) is 0 Å². The number of nitrogens with one attached hydrogen (secondary N) is 1. The van der Waals surface area contributed by atoms with Crippen LogP contribution in [0.4, 0.5) is 5.69 Å². The van der Waals surface area contributed by atoms with Gasteiger partial charge in [-0.15, -0.1) is 0 Å². The first kappa shape index (κ1) is 21.2. The SMILES string of the molecule is N#Cc1ccccc1CSCCNC(=O)CN1CCc2cc(S(N)(=O)=O)ccc21. The molecular formula is C20H22N4O3S2. The summed E-state index contributed by atoms with van der Waals surface area (Å²) in [5.74, 6) is 1.40. The minimum absolute atomic E-state index is 0.0774. The molecule has 1 heterocycles. The summed E-state index contributed by atoms with van der Waals surface area (Å²) in [5.41, 5.74) is 3.44. The van der Waals surface area contributed by atoms with Crippen molar-refractivity contribution in [2.45, 2.75) is 17.1 Å². The average molecular weight is 431 g/mol. The van der Waals surface area contributed by atoms with Crippen LogP contribution >= 0.6 is 11.8 Å². The van der Waals surface area contributed by atoms with E-state index in [1.165, 1.54) is 6.07 Å². The van der Waals surface area contributed by atoms with Gasteiger partial charge in [-0.1, -0.05) is 18.2 Å². The maximum atomic E-state index is 12.2. The van der Waals surface area contributed by atoms with E-state index in [0.717, 1.165) is 28.3 Å². The number of carbonyl (C=O) groups is 1. The third-order valence-corrected chi connectivity index (χ3v) is 6.59. The van der Waals surface area contributed by atoms with E-state index in [1.54, 1.807) is 30.0 Å². The van der Waals surface area contributed by atoms with Crippen LogP contribution in [-0.4, -0.2) is 39.7 Å². The molecule has 3 rings (SSSR count). The number of anilines is 1. The Bertz CT molecular complexity index is 1050. The normalized spacial score (nSPS) is 13.0. The molecule has 2 aromatic carbocycles. The predicted molar refractivity (Wildman–Crippen MR) is 114 cm³/mol. The lowest BCUT2D eigenvalue weighted by Crippen LogP contribution is -2.37. The molecule has 0 aliphatic carbocycles. The van der Waals surface area contributed by atoms with Crippen LogP contribution in [0, 0.1) is 11.3 Å². The zero-order valence-corrected chi connectivity index (χ0v) is 17.4. The lowest BCUT2D eigenvalue weighted by Gasteiger charge is -2.19. The van der Waals surface area contributed by atoms with Gasteiger partial charge >= 0.3 is 0 Å². The van der Waals surface area contributed by atoms with Crippen molar-refractivity contribution in [3.8, 4) is 6.07 Å². The van der Waals surface area contributed by atoms with Gasteiger partial charge in [0.2, 0.25) is 15.9 Å². The number of primary sulfonamides is 1. The first-order valence-corrected chi connectivity index (χ1v) is 11.8. The summed E-state index contributed by atoms with van der Waals surface area (Å²) in [6.07, 6.45) is 0.681. The highest BCUT2D eigenvalue weighted by molar-refractivity contribution is 7.98. The van der Waals surface area contributed by atoms with Crippen LogP contribution in [0.3, 0.4) is 0 Å². The number of amides is 1. The van der Waals surface area contributed by atoms with Gasteiger partial charge in [-0.3, -0.25) is 4.79 Å². The van der Waals surface area contributed by atoms with Crippen LogP contribution in [0.1, 0.15) is 16.7 Å². The summed E-state index contributed by atoms with van der Waals surface area (Å²) in [6, 6.07) is 14.5. The van der Waals surface area contributed by atoms with E-state index >= 15 is 0 Å². The smallest absolute Gasteiger partial charge is 0.239 e. The predicted octanol–water partition coefficient (Wildman–Crippen LogP) is 1.62. The van der Waals surface area contributed by atoms with Gasteiger partial charge in [-0.2, -0.15) is 17.0 Å². The molecule has 7 nitrogen and oxygen atoms in total. The van der Waals surface area contributed by atoms with Crippen molar-refractivity contribution in [1.82, 2.24) is 5.32 Å². The van der Waals surface area contributed by atoms with Crippen molar-refractivity contribution in [3.05, 3.63) is 59.2 Å². The summed E-state index contributed by atoms with van der Waals surface area (Å²) in [7, 11) is -3.72. The van der Waals surface area contributed by atoms with E-state index in [4.69, 9.17) is 10.4 Å². The van der Waals surface area contributed by atoms with Gasteiger partial charge in [-0.05, 0) is 41.8 Å². The van der Waals surface area contributed by atoms with Gasteiger partial charge in [0.25, 0.3) is 0 Å². The number of nitriles is 1. The molecule has 1 aliphatic heterocycles. The summed E-state index contributed by atoms with van der Waals surface area (Å²) < 4.78 is 22.9. The topological polar surface area (TPSA) is 116 Å². The van der Waals surface area contributed by atoms with Crippen LogP contribution in [0.2, 0.25) is 0 Å². The van der Waals surface area contributed by atoms with Gasteiger partial charge in [0.05, 0.1) is 23.1 Å². The van der Waals surface area contributed by atoms with Crippen LogP contribution in [-0.2, 0) is 27.0 Å². The lowest BCUT2D eigenvalue weighted by molar-refractivity contribution is -0.119. The largest absolute Gasteiger partial charge is 0.362 e. The number of nitrogens with two attached hydrogens (primary N) is 1. The van der Waals surface area contributed by atoms with Crippen LogP contribution in [0.15, 0.2) is 47.4 Å². The molecule has 0 radical (unpaired) electrons. The zero-order valence-electron chi connectivity index (χ0n) is 15.8. The van der Waals surface area contributed by atoms with Crippen molar-refractivity contribution in [2.24, 2.45) is 5.14 Å². The van der Waals surface area contributed by atoms with Crippen LogP contribution < -0.4 is 15.4 Å². The van der Waals surface area contributed by atoms with E-state index in [9.17, 15) is 13.2 Å². The summed E-state index contributed by atoms with van der Waals surface area (Å²) in [5, 5.41) is 17.2. The Morgan fingerprint density at radius 2 is 2.07 bits per heavy atom. The van der Waals surface area contributed by atoms with Crippen molar-refractivity contribution in [2.75, 3.05) is 30.3 Å². The second kappa shape index (κ2) is 9.31. The molecule has 0 bridgehead atoms. The van der Waals surface area contributed by atoms with Crippen molar-refractivity contribution >= 4 is 33.4 Å². The number of fused-ring (bicyclic) bond motifs is 1. The third-order valence-electron chi connectivity index (χ3n) is 4.67. The molecule has 0 atom stereocenters. The van der Waals surface area contributed by atoms with Gasteiger partial charge in [0.1, 0.15) is 0 Å². The summed E-state index contributed by atoms with van der Waals surface area (Å²) >= 11 is 1.66. The summed E-state index contributed by atoms with van der Waals surface area (Å²) in [4.78, 5) is 14.3. The Morgan fingerprint density at radius 3 is 2.83 bits per heavy atom. The standard InChI is InChI=1S/C20H22N4O3S2/c21-12-16-3-1-2-4-17(16)14-28-10-8-23-20(25)13-24-9-7-15-11-18(29(22,26)27)5-6-19(15)24/h1-6,11H,7-10,13-14H2,(H,23,25)(H2,22,26,27). The highest BCUT2D eigenvalue weighted by Gasteiger charge is 2.22. The lowest BCUT2D eigenvalue weighted by atomic mass is 10.1.